The van der Waals surface area contributed by atoms with E-state index in [1.807, 2.05) is 6.92 Å². The average Bonchev–Trinajstić information content (AvgIpc) is 2.93. The van der Waals surface area contributed by atoms with Crippen LogP contribution in [-0.4, -0.2) is 21.1 Å². The van der Waals surface area contributed by atoms with Crippen molar-refractivity contribution in [2.75, 3.05) is 5.32 Å². The normalized spacial score (nSPS) is 12.9. The Labute approximate surface area is 156 Å². The summed E-state index contributed by atoms with van der Waals surface area (Å²) in [6.45, 7) is 8.42. The molecule has 1 heterocycles. The zero-order chi connectivity index (χ0) is 18.9. The molecule has 0 saturated heterocycles. The fraction of sp³-hybridized carbons (Fsp3) is 0.300. The maximum absolute atomic E-state index is 12.5. The van der Waals surface area contributed by atoms with Crippen LogP contribution in [0.3, 0.4) is 0 Å². The standard InChI is InChI=1S/C20H23N3O2S/c1-12(26-15-8-5-13(6-9-15)20(2,3)4)18(24)21-14-7-10-16-17(11-14)23-19(25)22-16/h5-12H,1-4H3,(H,21,24)(H2,22,23,25)/t12-/m1/s1. The van der Waals surface area contributed by atoms with E-state index in [4.69, 9.17) is 0 Å². The third-order valence-corrected chi connectivity index (χ3v) is 5.30. The maximum atomic E-state index is 12.5. The van der Waals surface area contributed by atoms with Gasteiger partial charge in [-0.3, -0.25) is 4.79 Å². The highest BCUT2D eigenvalue weighted by Crippen LogP contribution is 2.28. The van der Waals surface area contributed by atoms with E-state index in [0.717, 1.165) is 10.4 Å². The summed E-state index contributed by atoms with van der Waals surface area (Å²) in [5.41, 5.74) is 3.18. The molecule has 5 nitrogen and oxygen atoms in total. The van der Waals surface area contributed by atoms with Crippen molar-refractivity contribution in [2.24, 2.45) is 0 Å². The molecule has 0 unspecified atom stereocenters. The quantitative estimate of drug-likeness (QED) is 0.601. The van der Waals surface area contributed by atoms with Crippen LogP contribution in [-0.2, 0) is 10.2 Å². The van der Waals surface area contributed by atoms with Gasteiger partial charge >= 0.3 is 5.69 Å². The van der Waals surface area contributed by atoms with Crippen LogP contribution in [0.1, 0.15) is 33.3 Å². The SMILES string of the molecule is C[C@@H](Sc1ccc(C(C)(C)C)cc1)C(=O)Nc1ccc2[nH]c(=O)[nH]c2c1. The number of nitrogens with one attached hydrogen (secondary N) is 3. The van der Waals surface area contributed by atoms with Crippen LogP contribution in [0.25, 0.3) is 11.0 Å². The van der Waals surface area contributed by atoms with Gasteiger partial charge in [0, 0.05) is 10.6 Å². The fourth-order valence-corrected chi connectivity index (χ4v) is 3.51. The predicted octanol–water partition coefficient (Wildman–Crippen LogP) is 4.27. The number of H-pyrrole nitrogens is 2. The van der Waals surface area contributed by atoms with Crippen molar-refractivity contribution in [1.82, 2.24) is 9.97 Å². The number of hydrogen-bond donors (Lipinski definition) is 3. The van der Waals surface area contributed by atoms with Crippen LogP contribution in [0.5, 0.6) is 0 Å². The van der Waals surface area contributed by atoms with E-state index in [1.165, 1.54) is 17.3 Å². The summed E-state index contributed by atoms with van der Waals surface area (Å²) >= 11 is 1.52. The number of hydrogen-bond acceptors (Lipinski definition) is 3. The van der Waals surface area contributed by atoms with E-state index in [2.05, 4.69) is 60.3 Å². The van der Waals surface area contributed by atoms with Crippen molar-refractivity contribution < 1.29 is 4.79 Å². The number of carbonyl (C=O) groups is 1. The Morgan fingerprint density at radius 3 is 2.35 bits per heavy atom. The van der Waals surface area contributed by atoms with Crippen molar-refractivity contribution in [3.8, 4) is 0 Å². The second-order valence-electron chi connectivity index (χ2n) is 7.36. The van der Waals surface area contributed by atoms with Crippen molar-refractivity contribution >= 4 is 34.4 Å². The van der Waals surface area contributed by atoms with Crippen molar-refractivity contribution in [2.45, 2.75) is 43.3 Å². The zero-order valence-electron chi connectivity index (χ0n) is 15.3. The minimum atomic E-state index is -0.258. The van der Waals surface area contributed by atoms with Crippen molar-refractivity contribution in [1.29, 1.82) is 0 Å². The molecule has 136 valence electrons. The van der Waals surface area contributed by atoms with Gasteiger partial charge in [0.05, 0.1) is 16.3 Å². The molecule has 0 aliphatic rings. The predicted molar refractivity (Wildman–Crippen MR) is 108 cm³/mol. The molecule has 6 heteroatoms. The smallest absolute Gasteiger partial charge is 0.323 e. The highest BCUT2D eigenvalue weighted by Gasteiger charge is 2.17. The zero-order valence-corrected chi connectivity index (χ0v) is 16.2. The number of thioether (sulfide) groups is 1. The molecule has 0 fully saturated rings. The van der Waals surface area contributed by atoms with E-state index < -0.39 is 0 Å². The number of imidazole rings is 1. The molecule has 0 spiro atoms. The van der Waals surface area contributed by atoms with Gasteiger partial charge in [-0.05, 0) is 48.2 Å². The number of anilines is 1. The summed E-state index contributed by atoms with van der Waals surface area (Å²) in [4.78, 5) is 30.2. The van der Waals surface area contributed by atoms with Gasteiger partial charge < -0.3 is 15.3 Å². The summed E-state index contributed by atoms with van der Waals surface area (Å²) in [7, 11) is 0. The molecule has 3 N–H and O–H groups in total. The van der Waals surface area contributed by atoms with E-state index in [0.29, 0.717) is 11.2 Å². The largest absolute Gasteiger partial charge is 0.325 e. The Hall–Kier alpha value is -2.47. The number of fused-ring (bicyclic) bond motifs is 1. The lowest BCUT2D eigenvalue weighted by molar-refractivity contribution is -0.115. The first-order valence-corrected chi connectivity index (χ1v) is 9.40. The molecule has 3 aromatic rings. The molecule has 0 aliphatic heterocycles. The van der Waals surface area contributed by atoms with Gasteiger partial charge in [0.2, 0.25) is 5.91 Å². The lowest BCUT2D eigenvalue weighted by atomic mass is 9.87. The van der Waals surface area contributed by atoms with Crippen molar-refractivity contribution in [3.63, 3.8) is 0 Å². The molecule has 0 saturated carbocycles. The maximum Gasteiger partial charge on any atom is 0.323 e. The Balaban J connectivity index is 1.66. The fourth-order valence-electron chi connectivity index (χ4n) is 2.65. The molecule has 1 atom stereocenters. The molecule has 26 heavy (non-hydrogen) atoms. The van der Waals surface area contributed by atoms with Crippen LogP contribution in [0.2, 0.25) is 0 Å². The Morgan fingerprint density at radius 2 is 1.69 bits per heavy atom. The minimum Gasteiger partial charge on any atom is -0.325 e. The molecular weight excluding hydrogens is 346 g/mol. The summed E-state index contributed by atoms with van der Waals surface area (Å²) in [6, 6.07) is 13.6. The second kappa shape index (κ2) is 7.03. The number of aromatic amines is 2. The minimum absolute atomic E-state index is 0.0767. The van der Waals surface area contributed by atoms with Crippen molar-refractivity contribution in [3.05, 3.63) is 58.5 Å². The lowest BCUT2D eigenvalue weighted by Crippen LogP contribution is -2.22. The molecule has 0 radical (unpaired) electrons. The van der Waals surface area contributed by atoms with Crippen LogP contribution in [0.4, 0.5) is 5.69 Å². The molecule has 1 amide bonds. The van der Waals surface area contributed by atoms with Gasteiger partial charge in [-0.1, -0.05) is 32.9 Å². The van der Waals surface area contributed by atoms with Crippen LogP contribution in [0, 0.1) is 0 Å². The average molecular weight is 369 g/mol. The van der Waals surface area contributed by atoms with E-state index in [-0.39, 0.29) is 22.3 Å². The van der Waals surface area contributed by atoms with Gasteiger partial charge in [0.1, 0.15) is 0 Å². The first-order valence-electron chi connectivity index (χ1n) is 8.52. The van der Waals surface area contributed by atoms with E-state index in [1.54, 1.807) is 18.2 Å². The molecule has 3 rings (SSSR count). The summed E-state index contributed by atoms with van der Waals surface area (Å²) in [6.07, 6.45) is 0. The molecule has 0 bridgehead atoms. The Kier molecular flexibility index (Phi) is 4.96. The van der Waals surface area contributed by atoms with Crippen LogP contribution < -0.4 is 11.0 Å². The number of aromatic nitrogens is 2. The Bertz CT molecular complexity index is 981. The molecule has 1 aromatic heterocycles. The molecule has 2 aromatic carbocycles. The number of benzene rings is 2. The molecule has 0 aliphatic carbocycles. The third-order valence-electron chi connectivity index (χ3n) is 4.19. The second-order valence-corrected chi connectivity index (χ2v) is 8.78. The van der Waals surface area contributed by atoms with E-state index >= 15 is 0 Å². The van der Waals surface area contributed by atoms with Crippen LogP contribution in [0.15, 0.2) is 52.2 Å². The highest BCUT2D eigenvalue weighted by atomic mass is 32.2. The number of rotatable bonds is 4. The van der Waals surface area contributed by atoms with Gasteiger partial charge in [-0.15, -0.1) is 11.8 Å². The summed E-state index contributed by atoms with van der Waals surface area (Å²) in [5, 5.41) is 2.66. The van der Waals surface area contributed by atoms with Gasteiger partial charge in [0.15, 0.2) is 0 Å². The van der Waals surface area contributed by atoms with Gasteiger partial charge in [0.25, 0.3) is 0 Å². The summed E-state index contributed by atoms with van der Waals surface area (Å²) < 4.78 is 0. The van der Waals surface area contributed by atoms with Gasteiger partial charge in [-0.25, -0.2) is 4.79 Å². The first kappa shape index (κ1) is 18.3. The lowest BCUT2D eigenvalue weighted by Gasteiger charge is -2.19. The number of carbonyl (C=O) groups excluding carboxylic acids is 1. The van der Waals surface area contributed by atoms with Crippen LogP contribution >= 0.6 is 11.8 Å². The third kappa shape index (κ3) is 4.19. The first-order chi connectivity index (χ1) is 12.2. The Morgan fingerprint density at radius 1 is 1.04 bits per heavy atom. The van der Waals surface area contributed by atoms with Gasteiger partial charge in [-0.2, -0.15) is 0 Å². The molecular formula is C20H23N3O2S. The highest BCUT2D eigenvalue weighted by molar-refractivity contribution is 8.00. The summed E-state index contributed by atoms with van der Waals surface area (Å²) in [5.74, 6) is -0.0767. The monoisotopic (exact) mass is 369 g/mol. The van der Waals surface area contributed by atoms with E-state index in [9.17, 15) is 9.59 Å². The topological polar surface area (TPSA) is 77.8 Å². The number of amides is 1.